The molecule has 0 atom stereocenters. The summed E-state index contributed by atoms with van der Waals surface area (Å²) in [6.45, 7) is 0. The molecule has 0 aliphatic carbocycles. The Bertz CT molecular complexity index is 1120. The van der Waals surface area contributed by atoms with Crippen molar-refractivity contribution in [3.63, 3.8) is 0 Å². The van der Waals surface area contributed by atoms with Crippen LogP contribution in [0.5, 0.6) is 0 Å². The van der Waals surface area contributed by atoms with E-state index in [2.05, 4.69) is 93.4 Å². The monoisotopic (exact) mass is 373 g/mol. The van der Waals surface area contributed by atoms with E-state index in [9.17, 15) is 0 Å². The van der Waals surface area contributed by atoms with E-state index in [4.69, 9.17) is 0 Å². The third kappa shape index (κ3) is 3.23. The van der Waals surface area contributed by atoms with Crippen LogP contribution >= 0.6 is 0 Å². The summed E-state index contributed by atoms with van der Waals surface area (Å²) in [6.07, 6.45) is 3.57. The fourth-order valence-corrected chi connectivity index (χ4v) is 3.66. The van der Waals surface area contributed by atoms with Gasteiger partial charge in [0.05, 0.1) is 11.4 Å². The summed E-state index contributed by atoms with van der Waals surface area (Å²) in [4.78, 5) is 9.16. The van der Waals surface area contributed by atoms with Crippen molar-refractivity contribution in [2.75, 3.05) is 0 Å². The standard InChI is InChI=1S/C26H19N3/c1-4-11-20(12-5-1)23-19-24(21-13-6-2-7-14-21)29(26-27-17-10-18-28-26)25(23)22-15-8-3-9-16-22/h1-19H. The van der Waals surface area contributed by atoms with Gasteiger partial charge in [-0.3, -0.25) is 4.57 Å². The predicted molar refractivity (Wildman–Crippen MR) is 118 cm³/mol. The largest absolute Gasteiger partial charge is 0.277 e. The predicted octanol–water partition coefficient (Wildman–Crippen LogP) is 6.27. The molecule has 29 heavy (non-hydrogen) atoms. The average Bonchev–Trinajstić information content (AvgIpc) is 3.22. The van der Waals surface area contributed by atoms with Crippen molar-refractivity contribution in [1.82, 2.24) is 14.5 Å². The molecule has 0 unspecified atom stereocenters. The maximum Gasteiger partial charge on any atom is 0.234 e. The second kappa shape index (κ2) is 7.56. The van der Waals surface area contributed by atoms with Crippen LogP contribution in [0.15, 0.2) is 116 Å². The topological polar surface area (TPSA) is 30.7 Å². The minimum atomic E-state index is 0.660. The third-order valence-corrected chi connectivity index (χ3v) is 4.95. The number of hydrogen-bond donors (Lipinski definition) is 0. The molecule has 3 heteroatoms. The summed E-state index contributed by atoms with van der Waals surface area (Å²) in [5.74, 6) is 0.660. The van der Waals surface area contributed by atoms with E-state index < -0.39 is 0 Å². The molecule has 0 spiro atoms. The molecular weight excluding hydrogens is 354 g/mol. The van der Waals surface area contributed by atoms with Crippen molar-refractivity contribution in [3.05, 3.63) is 116 Å². The molecule has 0 fully saturated rings. The normalized spacial score (nSPS) is 10.8. The molecule has 2 aromatic heterocycles. The lowest BCUT2D eigenvalue weighted by molar-refractivity contribution is 0.948. The maximum atomic E-state index is 4.58. The van der Waals surface area contributed by atoms with Crippen LogP contribution < -0.4 is 0 Å². The molecule has 3 aromatic carbocycles. The van der Waals surface area contributed by atoms with Crippen LogP contribution in [-0.4, -0.2) is 14.5 Å². The number of nitrogens with zero attached hydrogens (tertiary/aromatic N) is 3. The smallest absolute Gasteiger partial charge is 0.234 e. The summed E-state index contributed by atoms with van der Waals surface area (Å²) in [5.41, 5.74) is 6.72. The molecule has 0 bridgehead atoms. The summed E-state index contributed by atoms with van der Waals surface area (Å²) in [7, 11) is 0. The Morgan fingerprint density at radius 1 is 0.517 bits per heavy atom. The molecule has 0 saturated heterocycles. The van der Waals surface area contributed by atoms with Gasteiger partial charge in [-0.05, 0) is 28.8 Å². The second-order valence-corrected chi connectivity index (χ2v) is 6.77. The van der Waals surface area contributed by atoms with Gasteiger partial charge in [0.15, 0.2) is 0 Å². The molecule has 0 aliphatic heterocycles. The zero-order valence-corrected chi connectivity index (χ0v) is 15.8. The van der Waals surface area contributed by atoms with Gasteiger partial charge in [0.1, 0.15) is 0 Å². The summed E-state index contributed by atoms with van der Waals surface area (Å²) in [6, 6.07) is 35.4. The first kappa shape index (κ1) is 17.1. The number of benzene rings is 3. The zero-order valence-electron chi connectivity index (χ0n) is 15.8. The van der Waals surface area contributed by atoms with Crippen molar-refractivity contribution in [2.24, 2.45) is 0 Å². The molecule has 0 aliphatic rings. The van der Waals surface area contributed by atoms with E-state index in [1.54, 1.807) is 12.4 Å². The minimum absolute atomic E-state index is 0.660. The van der Waals surface area contributed by atoms with Gasteiger partial charge in [0.25, 0.3) is 0 Å². The highest BCUT2D eigenvalue weighted by Crippen LogP contribution is 2.40. The Balaban J connectivity index is 1.89. The Labute approximate surface area is 170 Å². The highest BCUT2D eigenvalue weighted by atomic mass is 15.2. The lowest BCUT2D eigenvalue weighted by Gasteiger charge is -2.13. The highest BCUT2D eigenvalue weighted by molar-refractivity contribution is 5.88. The summed E-state index contributed by atoms with van der Waals surface area (Å²) in [5, 5.41) is 0. The van der Waals surface area contributed by atoms with Gasteiger partial charge in [-0.1, -0.05) is 91.0 Å². The molecule has 3 nitrogen and oxygen atoms in total. The van der Waals surface area contributed by atoms with E-state index in [1.165, 1.54) is 5.56 Å². The van der Waals surface area contributed by atoms with E-state index >= 15 is 0 Å². The summed E-state index contributed by atoms with van der Waals surface area (Å²) >= 11 is 0. The molecule has 0 radical (unpaired) electrons. The molecule has 5 aromatic rings. The Morgan fingerprint density at radius 3 is 1.62 bits per heavy atom. The fraction of sp³-hybridized carbons (Fsp3) is 0. The summed E-state index contributed by atoms with van der Waals surface area (Å²) < 4.78 is 2.16. The third-order valence-electron chi connectivity index (χ3n) is 4.95. The van der Waals surface area contributed by atoms with Gasteiger partial charge >= 0.3 is 0 Å². The number of aromatic nitrogens is 3. The van der Waals surface area contributed by atoms with Crippen molar-refractivity contribution >= 4 is 0 Å². The van der Waals surface area contributed by atoms with E-state index in [-0.39, 0.29) is 0 Å². The molecular formula is C26H19N3. The first-order chi connectivity index (χ1) is 14.4. The number of rotatable bonds is 4. The zero-order chi connectivity index (χ0) is 19.5. The molecule has 0 amide bonds. The van der Waals surface area contributed by atoms with Gasteiger partial charge in [-0.15, -0.1) is 0 Å². The molecule has 2 heterocycles. The van der Waals surface area contributed by atoms with Gasteiger partial charge in [0.2, 0.25) is 5.95 Å². The fourth-order valence-electron chi connectivity index (χ4n) is 3.66. The van der Waals surface area contributed by atoms with Crippen LogP contribution in [0.3, 0.4) is 0 Å². The van der Waals surface area contributed by atoms with Crippen molar-refractivity contribution < 1.29 is 0 Å². The van der Waals surface area contributed by atoms with E-state index in [0.717, 1.165) is 28.1 Å². The minimum Gasteiger partial charge on any atom is -0.277 e. The first-order valence-corrected chi connectivity index (χ1v) is 9.61. The molecule has 5 rings (SSSR count). The highest BCUT2D eigenvalue weighted by Gasteiger charge is 2.21. The molecule has 138 valence electrons. The Hall–Kier alpha value is -3.98. The quantitative estimate of drug-likeness (QED) is 0.372. The first-order valence-electron chi connectivity index (χ1n) is 9.61. The average molecular weight is 373 g/mol. The lowest BCUT2D eigenvalue weighted by Crippen LogP contribution is -2.04. The Morgan fingerprint density at radius 2 is 1.03 bits per heavy atom. The van der Waals surface area contributed by atoms with Crippen LogP contribution in [0.1, 0.15) is 0 Å². The van der Waals surface area contributed by atoms with E-state index in [0.29, 0.717) is 5.95 Å². The van der Waals surface area contributed by atoms with Gasteiger partial charge in [-0.2, -0.15) is 0 Å². The van der Waals surface area contributed by atoms with Gasteiger partial charge in [-0.25, -0.2) is 9.97 Å². The van der Waals surface area contributed by atoms with Crippen LogP contribution in [0.4, 0.5) is 0 Å². The molecule has 0 saturated carbocycles. The van der Waals surface area contributed by atoms with Crippen LogP contribution in [-0.2, 0) is 0 Å². The van der Waals surface area contributed by atoms with Crippen LogP contribution in [0.2, 0.25) is 0 Å². The van der Waals surface area contributed by atoms with Gasteiger partial charge < -0.3 is 0 Å². The van der Waals surface area contributed by atoms with E-state index in [1.807, 2.05) is 24.3 Å². The lowest BCUT2D eigenvalue weighted by atomic mass is 10.0. The van der Waals surface area contributed by atoms with Crippen LogP contribution in [0, 0.1) is 0 Å². The Kier molecular flexibility index (Phi) is 4.47. The van der Waals surface area contributed by atoms with Crippen molar-refractivity contribution in [3.8, 4) is 39.6 Å². The number of hydrogen-bond acceptors (Lipinski definition) is 2. The van der Waals surface area contributed by atoms with Crippen molar-refractivity contribution in [2.45, 2.75) is 0 Å². The van der Waals surface area contributed by atoms with Gasteiger partial charge in [0, 0.05) is 18.0 Å². The SMILES string of the molecule is c1ccc(-c2cc(-c3ccccc3)n(-c3ncccn3)c2-c2ccccc2)cc1. The second-order valence-electron chi connectivity index (χ2n) is 6.77. The van der Waals surface area contributed by atoms with Crippen molar-refractivity contribution in [1.29, 1.82) is 0 Å². The molecule has 0 N–H and O–H groups in total. The maximum absolute atomic E-state index is 4.58. The van der Waals surface area contributed by atoms with Crippen LogP contribution in [0.25, 0.3) is 39.6 Å².